The number of ether oxygens (including phenoxy) is 2. The highest BCUT2D eigenvalue weighted by Crippen LogP contribution is 2.24. The lowest BCUT2D eigenvalue weighted by molar-refractivity contribution is -0.124. The number of benzene rings is 2. The van der Waals surface area contributed by atoms with Crippen molar-refractivity contribution < 1.29 is 19.1 Å². The molecule has 0 saturated heterocycles. The van der Waals surface area contributed by atoms with Crippen LogP contribution in [0.25, 0.3) is 0 Å². The average molecular weight is 395 g/mol. The number of carbonyl (C=O) groups excluding carboxylic acids is 2. The van der Waals surface area contributed by atoms with E-state index in [9.17, 15) is 9.59 Å². The zero-order chi connectivity index (χ0) is 20.6. The standard InChI is InChI=1S/C24H29NO4/c1-3-14-28-22-12-10-19(11-13-22)24(27)29-16-23(26)25-17(2)20-9-8-18-6-4-5-7-21(18)15-20/h8-13,15,17H,3-7,14,16H2,1-2H3,(H,25,26). The highest BCUT2D eigenvalue weighted by Gasteiger charge is 2.16. The van der Waals surface area contributed by atoms with Crippen LogP contribution in [0.3, 0.4) is 0 Å². The van der Waals surface area contributed by atoms with Gasteiger partial charge in [0.1, 0.15) is 5.75 Å². The van der Waals surface area contributed by atoms with Crippen LogP contribution < -0.4 is 10.1 Å². The highest BCUT2D eigenvalue weighted by atomic mass is 16.5. The molecular formula is C24H29NO4. The molecule has 2 aromatic carbocycles. The number of amides is 1. The summed E-state index contributed by atoms with van der Waals surface area (Å²) >= 11 is 0. The lowest BCUT2D eigenvalue weighted by Crippen LogP contribution is -2.31. The third-order valence-corrected chi connectivity index (χ3v) is 5.15. The van der Waals surface area contributed by atoms with Gasteiger partial charge in [-0.05, 0) is 80.0 Å². The van der Waals surface area contributed by atoms with E-state index < -0.39 is 5.97 Å². The van der Waals surface area contributed by atoms with Gasteiger partial charge >= 0.3 is 5.97 Å². The number of rotatable bonds is 8. The fraction of sp³-hybridized carbons (Fsp3) is 0.417. The molecule has 0 heterocycles. The van der Waals surface area contributed by atoms with Gasteiger partial charge in [0.15, 0.2) is 6.61 Å². The first-order valence-corrected chi connectivity index (χ1v) is 10.4. The van der Waals surface area contributed by atoms with E-state index in [0.29, 0.717) is 17.9 Å². The summed E-state index contributed by atoms with van der Waals surface area (Å²) < 4.78 is 10.6. The Balaban J connectivity index is 1.48. The molecule has 2 aromatic rings. The third-order valence-electron chi connectivity index (χ3n) is 5.15. The smallest absolute Gasteiger partial charge is 0.338 e. The minimum Gasteiger partial charge on any atom is -0.494 e. The maximum Gasteiger partial charge on any atom is 0.338 e. The first-order valence-electron chi connectivity index (χ1n) is 10.4. The molecule has 1 atom stereocenters. The van der Waals surface area contributed by atoms with Crippen LogP contribution in [0.15, 0.2) is 42.5 Å². The van der Waals surface area contributed by atoms with Gasteiger partial charge in [-0.1, -0.05) is 25.1 Å². The van der Waals surface area contributed by atoms with Crippen molar-refractivity contribution >= 4 is 11.9 Å². The van der Waals surface area contributed by atoms with E-state index >= 15 is 0 Å². The van der Waals surface area contributed by atoms with Gasteiger partial charge in [-0.2, -0.15) is 0 Å². The Morgan fingerprint density at radius 3 is 2.48 bits per heavy atom. The number of hydrogen-bond donors (Lipinski definition) is 1. The molecule has 1 aliphatic carbocycles. The summed E-state index contributed by atoms with van der Waals surface area (Å²) in [5.74, 6) is -0.130. The average Bonchev–Trinajstić information content (AvgIpc) is 2.76. The first-order chi connectivity index (χ1) is 14.1. The van der Waals surface area contributed by atoms with Crippen LogP contribution in [0.5, 0.6) is 5.75 Å². The molecule has 0 bridgehead atoms. The van der Waals surface area contributed by atoms with Crippen molar-refractivity contribution in [3.05, 3.63) is 64.7 Å². The summed E-state index contributed by atoms with van der Waals surface area (Å²) in [5.41, 5.74) is 4.27. The number of fused-ring (bicyclic) bond motifs is 1. The topological polar surface area (TPSA) is 64.6 Å². The molecular weight excluding hydrogens is 366 g/mol. The molecule has 1 amide bonds. The van der Waals surface area contributed by atoms with Crippen LogP contribution in [-0.4, -0.2) is 25.1 Å². The molecule has 0 aromatic heterocycles. The van der Waals surface area contributed by atoms with Crippen LogP contribution in [0, 0.1) is 0 Å². The Morgan fingerprint density at radius 2 is 1.76 bits per heavy atom. The van der Waals surface area contributed by atoms with E-state index in [2.05, 4.69) is 23.5 Å². The van der Waals surface area contributed by atoms with Crippen LogP contribution >= 0.6 is 0 Å². The Labute approximate surface area is 172 Å². The molecule has 1 unspecified atom stereocenters. The maximum atomic E-state index is 12.2. The number of nitrogens with one attached hydrogen (secondary N) is 1. The normalized spacial score (nSPS) is 13.9. The summed E-state index contributed by atoms with van der Waals surface area (Å²) in [5, 5.41) is 2.91. The van der Waals surface area contributed by atoms with Crippen LogP contribution in [0.1, 0.15) is 66.2 Å². The summed E-state index contributed by atoms with van der Waals surface area (Å²) in [6.45, 7) is 4.30. The van der Waals surface area contributed by atoms with Gasteiger partial charge in [0.2, 0.25) is 0 Å². The van der Waals surface area contributed by atoms with Gasteiger partial charge in [0, 0.05) is 0 Å². The van der Waals surface area contributed by atoms with Crippen LogP contribution in [0.2, 0.25) is 0 Å². The second-order valence-electron chi connectivity index (χ2n) is 7.47. The second kappa shape index (κ2) is 10.1. The highest BCUT2D eigenvalue weighted by molar-refractivity contribution is 5.91. The van der Waals surface area contributed by atoms with E-state index in [1.807, 2.05) is 13.8 Å². The molecule has 5 heteroatoms. The summed E-state index contributed by atoms with van der Waals surface area (Å²) in [4.78, 5) is 24.4. The fourth-order valence-electron chi connectivity index (χ4n) is 3.51. The SMILES string of the molecule is CCCOc1ccc(C(=O)OCC(=O)NC(C)c2ccc3c(c2)CCCC3)cc1. The monoisotopic (exact) mass is 395 g/mol. The molecule has 5 nitrogen and oxygen atoms in total. The van der Waals surface area contributed by atoms with E-state index in [1.165, 1.54) is 24.0 Å². The van der Waals surface area contributed by atoms with E-state index in [1.54, 1.807) is 24.3 Å². The second-order valence-corrected chi connectivity index (χ2v) is 7.47. The molecule has 0 spiro atoms. The molecule has 154 valence electrons. The molecule has 0 radical (unpaired) electrons. The van der Waals surface area contributed by atoms with Crippen molar-refractivity contribution in [2.75, 3.05) is 13.2 Å². The minimum absolute atomic E-state index is 0.136. The Morgan fingerprint density at radius 1 is 1.03 bits per heavy atom. The zero-order valence-electron chi connectivity index (χ0n) is 17.2. The summed E-state index contributed by atoms with van der Waals surface area (Å²) in [6, 6.07) is 13.0. The molecule has 1 aliphatic rings. The van der Waals surface area contributed by atoms with Crippen molar-refractivity contribution in [2.45, 2.75) is 52.0 Å². The van der Waals surface area contributed by atoms with E-state index in [4.69, 9.17) is 9.47 Å². The maximum absolute atomic E-state index is 12.2. The third kappa shape index (κ3) is 5.83. The van der Waals surface area contributed by atoms with Crippen molar-refractivity contribution in [1.82, 2.24) is 5.32 Å². The molecule has 0 aliphatic heterocycles. The van der Waals surface area contributed by atoms with Crippen molar-refractivity contribution in [1.29, 1.82) is 0 Å². The number of carbonyl (C=O) groups is 2. The van der Waals surface area contributed by atoms with Crippen molar-refractivity contribution in [3.8, 4) is 5.75 Å². The van der Waals surface area contributed by atoms with Gasteiger partial charge in [0.25, 0.3) is 5.91 Å². The lowest BCUT2D eigenvalue weighted by atomic mass is 9.89. The fourth-order valence-corrected chi connectivity index (χ4v) is 3.51. The predicted molar refractivity (Wildman–Crippen MR) is 112 cm³/mol. The number of hydrogen-bond acceptors (Lipinski definition) is 4. The van der Waals surface area contributed by atoms with E-state index in [-0.39, 0.29) is 18.6 Å². The largest absolute Gasteiger partial charge is 0.494 e. The van der Waals surface area contributed by atoms with Gasteiger partial charge < -0.3 is 14.8 Å². The molecule has 0 saturated carbocycles. The van der Waals surface area contributed by atoms with Crippen LogP contribution in [-0.2, 0) is 22.4 Å². The summed E-state index contributed by atoms with van der Waals surface area (Å²) in [6.07, 6.45) is 5.63. The predicted octanol–water partition coefficient (Wildman–Crippen LogP) is 4.39. The van der Waals surface area contributed by atoms with Crippen molar-refractivity contribution in [2.24, 2.45) is 0 Å². The molecule has 0 fully saturated rings. The van der Waals surface area contributed by atoms with Gasteiger partial charge in [-0.25, -0.2) is 4.79 Å². The van der Waals surface area contributed by atoms with Crippen molar-refractivity contribution in [3.63, 3.8) is 0 Å². The van der Waals surface area contributed by atoms with Gasteiger partial charge in [0.05, 0.1) is 18.2 Å². The Kier molecular flexibility index (Phi) is 7.28. The minimum atomic E-state index is -0.524. The van der Waals surface area contributed by atoms with Crippen LogP contribution in [0.4, 0.5) is 0 Å². The number of esters is 1. The number of aryl methyl sites for hydroxylation is 2. The molecule has 29 heavy (non-hydrogen) atoms. The Hall–Kier alpha value is -2.82. The Bertz CT molecular complexity index is 844. The molecule has 3 rings (SSSR count). The quantitative estimate of drug-likeness (QED) is 0.674. The van der Waals surface area contributed by atoms with E-state index in [0.717, 1.165) is 24.8 Å². The van der Waals surface area contributed by atoms with Gasteiger partial charge in [-0.15, -0.1) is 0 Å². The lowest BCUT2D eigenvalue weighted by Gasteiger charge is -2.20. The first kappa shape index (κ1) is 20.9. The van der Waals surface area contributed by atoms with Gasteiger partial charge in [-0.3, -0.25) is 4.79 Å². The zero-order valence-corrected chi connectivity index (χ0v) is 17.2. The molecule has 1 N–H and O–H groups in total. The summed E-state index contributed by atoms with van der Waals surface area (Å²) in [7, 11) is 0.